The van der Waals surface area contributed by atoms with Crippen LogP contribution in [0.4, 0.5) is 4.39 Å². The zero-order valence-corrected chi connectivity index (χ0v) is 11.7. The summed E-state index contributed by atoms with van der Waals surface area (Å²) in [4.78, 5) is 2.03. The molecule has 0 fully saturated rings. The fraction of sp³-hybridized carbons (Fsp3) is 0.533. The fourth-order valence-corrected chi connectivity index (χ4v) is 2.26. The molecule has 98 valence electrons. The summed E-state index contributed by atoms with van der Waals surface area (Å²) >= 11 is 0. The second-order valence-corrected chi connectivity index (χ2v) is 5.32. The predicted octanol–water partition coefficient (Wildman–Crippen LogP) is 3.53. The van der Waals surface area contributed by atoms with Gasteiger partial charge in [-0.15, -0.1) is 0 Å². The molecule has 2 unspecified atom stereocenters. The average molecular weight is 248 g/mol. The van der Waals surface area contributed by atoms with Crippen molar-refractivity contribution < 1.29 is 4.39 Å². The summed E-state index contributed by atoms with van der Waals surface area (Å²) < 4.78 is 13.3. The van der Waals surface area contributed by atoms with Gasteiger partial charge in [0.25, 0.3) is 0 Å². The quantitative estimate of drug-likeness (QED) is 0.815. The van der Waals surface area contributed by atoms with Crippen LogP contribution < -0.4 is 0 Å². The summed E-state index contributed by atoms with van der Waals surface area (Å²) in [6.45, 7) is 5.84. The highest BCUT2D eigenvalue weighted by atomic mass is 19.1. The van der Waals surface area contributed by atoms with Crippen LogP contribution in [-0.2, 0) is 0 Å². The van der Waals surface area contributed by atoms with E-state index in [4.69, 9.17) is 0 Å². The Kier molecular flexibility index (Phi) is 4.86. The largest absolute Gasteiger partial charge is 0.301 e. The molecule has 0 N–H and O–H groups in total. The Labute approximate surface area is 109 Å². The number of nitriles is 1. The van der Waals surface area contributed by atoms with Gasteiger partial charge in [0, 0.05) is 0 Å². The molecule has 1 aromatic rings. The van der Waals surface area contributed by atoms with Gasteiger partial charge in [-0.05, 0) is 44.1 Å². The lowest BCUT2D eigenvalue weighted by Gasteiger charge is -2.31. The lowest BCUT2D eigenvalue weighted by molar-refractivity contribution is 0.210. The van der Waals surface area contributed by atoms with Crippen LogP contribution in [0, 0.1) is 35.9 Å². The molecule has 0 aliphatic carbocycles. The van der Waals surface area contributed by atoms with E-state index in [-0.39, 0.29) is 23.7 Å². The summed E-state index contributed by atoms with van der Waals surface area (Å²) in [7, 11) is 3.91. The van der Waals surface area contributed by atoms with Gasteiger partial charge >= 0.3 is 0 Å². The summed E-state index contributed by atoms with van der Waals surface area (Å²) in [6.07, 6.45) is 0. The van der Waals surface area contributed by atoms with E-state index in [1.54, 1.807) is 13.0 Å². The molecular formula is C15H21FN2. The van der Waals surface area contributed by atoms with Gasteiger partial charge in [-0.2, -0.15) is 5.26 Å². The highest BCUT2D eigenvalue weighted by Crippen LogP contribution is 2.32. The van der Waals surface area contributed by atoms with Gasteiger partial charge in [-0.1, -0.05) is 26.0 Å². The van der Waals surface area contributed by atoms with Gasteiger partial charge in [0.05, 0.1) is 18.0 Å². The first-order valence-electron chi connectivity index (χ1n) is 6.20. The van der Waals surface area contributed by atoms with Gasteiger partial charge in [-0.25, -0.2) is 4.39 Å². The molecule has 0 saturated heterocycles. The van der Waals surface area contributed by atoms with E-state index in [2.05, 4.69) is 6.07 Å². The molecule has 2 atom stereocenters. The van der Waals surface area contributed by atoms with E-state index < -0.39 is 0 Å². The standard InChI is InChI=1S/C15H21FN2/c1-10(2)13(9-17)15(18(4)5)12-6-7-14(16)11(3)8-12/h6-8,10,13,15H,1-5H3. The highest BCUT2D eigenvalue weighted by Gasteiger charge is 2.28. The number of rotatable bonds is 4. The van der Waals surface area contributed by atoms with Crippen LogP contribution in [0.25, 0.3) is 0 Å². The van der Waals surface area contributed by atoms with Crippen molar-refractivity contribution in [3.63, 3.8) is 0 Å². The molecule has 0 aliphatic heterocycles. The summed E-state index contributed by atoms with van der Waals surface area (Å²) in [5.41, 5.74) is 1.62. The Morgan fingerprint density at radius 2 is 1.89 bits per heavy atom. The van der Waals surface area contributed by atoms with Crippen LogP contribution in [0.1, 0.15) is 31.0 Å². The van der Waals surface area contributed by atoms with Crippen LogP contribution in [0.5, 0.6) is 0 Å². The minimum Gasteiger partial charge on any atom is -0.301 e. The van der Waals surface area contributed by atoms with Gasteiger partial charge in [0.15, 0.2) is 0 Å². The lowest BCUT2D eigenvalue weighted by atomic mass is 9.84. The van der Waals surface area contributed by atoms with Crippen LogP contribution >= 0.6 is 0 Å². The van der Waals surface area contributed by atoms with E-state index in [0.717, 1.165) is 5.56 Å². The topological polar surface area (TPSA) is 27.0 Å². The van der Waals surface area contributed by atoms with E-state index in [9.17, 15) is 9.65 Å². The normalized spacial score (nSPS) is 14.6. The maximum Gasteiger partial charge on any atom is 0.126 e. The number of benzene rings is 1. The molecule has 0 amide bonds. The number of halogens is 1. The molecular weight excluding hydrogens is 227 g/mol. The minimum atomic E-state index is -0.200. The summed E-state index contributed by atoms with van der Waals surface area (Å²) in [5, 5.41) is 9.35. The maximum absolute atomic E-state index is 13.3. The van der Waals surface area contributed by atoms with Crippen molar-refractivity contribution in [3.05, 3.63) is 35.1 Å². The molecule has 18 heavy (non-hydrogen) atoms. The molecule has 0 spiro atoms. The third-order valence-electron chi connectivity index (χ3n) is 3.29. The van der Waals surface area contributed by atoms with Gasteiger partial charge < -0.3 is 4.90 Å². The third-order valence-corrected chi connectivity index (χ3v) is 3.29. The van der Waals surface area contributed by atoms with Crippen molar-refractivity contribution in [1.29, 1.82) is 5.26 Å². The third kappa shape index (κ3) is 3.08. The Morgan fingerprint density at radius 1 is 1.28 bits per heavy atom. The molecule has 0 aromatic heterocycles. The molecule has 2 nitrogen and oxygen atoms in total. The van der Waals surface area contributed by atoms with Gasteiger partial charge in [-0.3, -0.25) is 0 Å². The monoisotopic (exact) mass is 248 g/mol. The highest BCUT2D eigenvalue weighted by molar-refractivity contribution is 5.28. The number of nitrogens with zero attached hydrogens (tertiary/aromatic N) is 2. The first kappa shape index (κ1) is 14.7. The van der Waals surface area contributed by atoms with Crippen molar-refractivity contribution in [1.82, 2.24) is 4.90 Å². The molecule has 1 aromatic carbocycles. The Hall–Kier alpha value is -1.40. The number of aryl methyl sites for hydroxylation is 1. The second kappa shape index (κ2) is 5.97. The van der Waals surface area contributed by atoms with Crippen LogP contribution in [0.15, 0.2) is 18.2 Å². The molecule has 0 saturated carbocycles. The Bertz CT molecular complexity index is 446. The summed E-state index contributed by atoms with van der Waals surface area (Å²) in [6, 6.07) is 7.47. The van der Waals surface area contributed by atoms with Crippen LogP contribution in [-0.4, -0.2) is 19.0 Å². The van der Waals surface area contributed by atoms with Crippen molar-refractivity contribution in [3.8, 4) is 6.07 Å². The SMILES string of the molecule is Cc1cc(C(C(C#N)C(C)C)N(C)C)ccc1F. The molecule has 0 radical (unpaired) electrons. The zero-order chi connectivity index (χ0) is 13.9. The first-order chi connectivity index (χ1) is 8.38. The van der Waals surface area contributed by atoms with Gasteiger partial charge in [0.2, 0.25) is 0 Å². The average Bonchev–Trinajstić information content (AvgIpc) is 2.28. The molecule has 0 bridgehead atoms. The zero-order valence-electron chi connectivity index (χ0n) is 11.7. The first-order valence-corrected chi connectivity index (χ1v) is 6.20. The number of hydrogen-bond donors (Lipinski definition) is 0. The number of hydrogen-bond acceptors (Lipinski definition) is 2. The fourth-order valence-electron chi connectivity index (χ4n) is 2.26. The van der Waals surface area contributed by atoms with E-state index in [1.807, 2.05) is 38.9 Å². The summed E-state index contributed by atoms with van der Waals surface area (Å²) in [5.74, 6) is -0.0491. The minimum absolute atomic E-state index is 0.00528. The van der Waals surface area contributed by atoms with E-state index in [1.165, 1.54) is 6.07 Å². The Morgan fingerprint density at radius 3 is 2.28 bits per heavy atom. The second-order valence-electron chi connectivity index (χ2n) is 5.32. The van der Waals surface area contributed by atoms with Gasteiger partial charge in [0.1, 0.15) is 5.82 Å². The predicted molar refractivity (Wildman–Crippen MR) is 71.5 cm³/mol. The van der Waals surface area contributed by atoms with E-state index in [0.29, 0.717) is 5.56 Å². The maximum atomic E-state index is 13.3. The van der Waals surface area contributed by atoms with Crippen molar-refractivity contribution in [2.24, 2.45) is 11.8 Å². The lowest BCUT2D eigenvalue weighted by Crippen LogP contribution is -2.29. The van der Waals surface area contributed by atoms with Crippen LogP contribution in [0.2, 0.25) is 0 Å². The van der Waals surface area contributed by atoms with Crippen molar-refractivity contribution in [2.45, 2.75) is 26.8 Å². The molecule has 0 aliphatic rings. The molecule has 3 heteroatoms. The van der Waals surface area contributed by atoms with E-state index >= 15 is 0 Å². The Balaban J connectivity index is 3.20. The van der Waals surface area contributed by atoms with Crippen molar-refractivity contribution in [2.75, 3.05) is 14.1 Å². The van der Waals surface area contributed by atoms with Crippen LogP contribution in [0.3, 0.4) is 0 Å². The molecule has 0 heterocycles. The van der Waals surface area contributed by atoms with Crippen molar-refractivity contribution >= 4 is 0 Å². The molecule has 1 rings (SSSR count). The smallest absolute Gasteiger partial charge is 0.126 e.